The smallest absolute Gasteiger partial charge is 0.138 e. The first-order chi connectivity index (χ1) is 10.1. The van der Waals surface area contributed by atoms with E-state index in [4.69, 9.17) is 11.6 Å². The summed E-state index contributed by atoms with van der Waals surface area (Å²) in [4.78, 5) is 2.16. The van der Waals surface area contributed by atoms with E-state index in [-0.39, 0.29) is 5.82 Å². The molecule has 0 spiro atoms. The molecule has 3 rings (SSSR count). The van der Waals surface area contributed by atoms with E-state index < -0.39 is 6.10 Å². The van der Waals surface area contributed by atoms with Gasteiger partial charge in [-0.25, -0.2) is 4.39 Å². The minimum atomic E-state index is -0.656. The van der Waals surface area contributed by atoms with E-state index in [1.54, 1.807) is 12.1 Å². The van der Waals surface area contributed by atoms with Crippen LogP contribution in [0, 0.1) is 5.82 Å². The number of hydrogen-bond donors (Lipinski definition) is 1. The van der Waals surface area contributed by atoms with Gasteiger partial charge >= 0.3 is 0 Å². The maximum atomic E-state index is 12.9. The Kier molecular flexibility index (Phi) is 4.49. The standard InChI is InChI=1S/C14H15ClFN3OS/c15-14-12(17-18-21-14)7-19(11-5-6-11)8-13(20)9-1-3-10(16)4-2-9/h1-4,11,13,20H,5-8H2. The zero-order chi connectivity index (χ0) is 14.8. The SMILES string of the molecule is OC(CN(Cc1nnsc1Cl)C1CC1)c1ccc(F)cc1. The highest BCUT2D eigenvalue weighted by Gasteiger charge is 2.31. The van der Waals surface area contributed by atoms with E-state index in [2.05, 4.69) is 14.5 Å². The summed E-state index contributed by atoms with van der Waals surface area (Å²) in [5, 5.41) is 14.3. The van der Waals surface area contributed by atoms with Gasteiger partial charge in [0.25, 0.3) is 0 Å². The minimum absolute atomic E-state index is 0.301. The number of benzene rings is 1. The fraction of sp³-hybridized carbons (Fsp3) is 0.429. The number of aliphatic hydroxyl groups excluding tert-OH is 1. The predicted octanol–water partition coefficient (Wildman–Crippen LogP) is 3.03. The van der Waals surface area contributed by atoms with Crippen molar-refractivity contribution in [2.75, 3.05) is 6.54 Å². The second-order valence-corrected chi connectivity index (χ2v) is 6.58. The lowest BCUT2D eigenvalue weighted by Gasteiger charge is -2.24. The molecule has 1 aromatic heterocycles. The quantitative estimate of drug-likeness (QED) is 0.886. The van der Waals surface area contributed by atoms with Crippen molar-refractivity contribution in [2.24, 2.45) is 0 Å². The van der Waals surface area contributed by atoms with Crippen LogP contribution in [0.5, 0.6) is 0 Å². The van der Waals surface area contributed by atoms with Crippen LogP contribution in [-0.2, 0) is 6.54 Å². The van der Waals surface area contributed by atoms with Crippen molar-refractivity contribution in [3.05, 3.63) is 45.7 Å². The summed E-state index contributed by atoms with van der Waals surface area (Å²) < 4.78 is 17.4. The Labute approximate surface area is 131 Å². The van der Waals surface area contributed by atoms with Gasteiger partial charge in [0.1, 0.15) is 15.8 Å². The molecule has 1 saturated carbocycles. The van der Waals surface area contributed by atoms with Gasteiger partial charge in [0.15, 0.2) is 0 Å². The molecule has 0 radical (unpaired) electrons. The molecule has 0 bridgehead atoms. The Morgan fingerprint density at radius 2 is 2.10 bits per heavy atom. The first kappa shape index (κ1) is 14.8. The molecular weight excluding hydrogens is 313 g/mol. The zero-order valence-corrected chi connectivity index (χ0v) is 12.8. The summed E-state index contributed by atoms with van der Waals surface area (Å²) in [6.45, 7) is 1.06. The van der Waals surface area contributed by atoms with Crippen LogP contribution in [-0.4, -0.2) is 32.2 Å². The molecule has 21 heavy (non-hydrogen) atoms. The normalized spacial score (nSPS) is 16.4. The van der Waals surface area contributed by atoms with E-state index in [0.717, 1.165) is 18.5 Å². The third-order valence-electron chi connectivity index (χ3n) is 3.59. The lowest BCUT2D eigenvalue weighted by atomic mass is 10.1. The molecule has 1 unspecified atom stereocenters. The van der Waals surface area contributed by atoms with Gasteiger partial charge in [0.2, 0.25) is 0 Å². The highest BCUT2D eigenvalue weighted by atomic mass is 35.5. The molecule has 2 aromatic rings. The fourth-order valence-corrected chi connectivity index (χ4v) is 2.89. The predicted molar refractivity (Wildman–Crippen MR) is 79.7 cm³/mol. The van der Waals surface area contributed by atoms with E-state index >= 15 is 0 Å². The van der Waals surface area contributed by atoms with Crippen LogP contribution < -0.4 is 0 Å². The zero-order valence-electron chi connectivity index (χ0n) is 11.2. The van der Waals surface area contributed by atoms with Crippen molar-refractivity contribution in [2.45, 2.75) is 31.5 Å². The maximum absolute atomic E-state index is 12.9. The highest BCUT2D eigenvalue weighted by Crippen LogP contribution is 2.31. The number of aromatic nitrogens is 2. The molecule has 7 heteroatoms. The van der Waals surface area contributed by atoms with Gasteiger partial charge in [-0.15, -0.1) is 5.10 Å². The average molecular weight is 328 g/mol. The highest BCUT2D eigenvalue weighted by molar-refractivity contribution is 7.10. The van der Waals surface area contributed by atoms with Crippen LogP contribution in [0.4, 0.5) is 4.39 Å². The van der Waals surface area contributed by atoms with Crippen molar-refractivity contribution < 1.29 is 9.50 Å². The van der Waals surface area contributed by atoms with Gasteiger partial charge in [0, 0.05) is 30.7 Å². The molecule has 1 atom stereocenters. The molecule has 1 aliphatic rings. The summed E-state index contributed by atoms with van der Waals surface area (Å²) in [6.07, 6.45) is 1.58. The van der Waals surface area contributed by atoms with Gasteiger partial charge in [-0.3, -0.25) is 4.90 Å². The number of nitrogens with zero attached hydrogens (tertiary/aromatic N) is 3. The second kappa shape index (κ2) is 6.36. The second-order valence-electron chi connectivity index (χ2n) is 5.22. The Hall–Kier alpha value is -1.08. The number of aliphatic hydroxyl groups is 1. The lowest BCUT2D eigenvalue weighted by Crippen LogP contribution is -2.30. The van der Waals surface area contributed by atoms with Crippen LogP contribution in [0.25, 0.3) is 0 Å². The third kappa shape index (κ3) is 3.77. The van der Waals surface area contributed by atoms with Crippen molar-refractivity contribution in [3.8, 4) is 0 Å². The summed E-state index contributed by atoms with van der Waals surface area (Å²) in [5.74, 6) is -0.301. The molecule has 1 aromatic carbocycles. The van der Waals surface area contributed by atoms with Crippen LogP contribution in [0.2, 0.25) is 4.34 Å². The minimum Gasteiger partial charge on any atom is -0.387 e. The summed E-state index contributed by atoms with van der Waals surface area (Å²) >= 11 is 7.21. The molecule has 1 N–H and O–H groups in total. The molecule has 4 nitrogen and oxygen atoms in total. The topological polar surface area (TPSA) is 49.2 Å². The lowest BCUT2D eigenvalue weighted by molar-refractivity contribution is 0.104. The monoisotopic (exact) mass is 327 g/mol. The van der Waals surface area contributed by atoms with E-state index in [1.807, 2.05) is 0 Å². The first-order valence-corrected chi connectivity index (χ1v) is 7.93. The third-order valence-corrected chi connectivity index (χ3v) is 4.57. The van der Waals surface area contributed by atoms with Crippen molar-refractivity contribution in [1.82, 2.24) is 14.5 Å². The average Bonchev–Trinajstić information content (AvgIpc) is 3.24. The van der Waals surface area contributed by atoms with Gasteiger partial charge < -0.3 is 5.11 Å². The Balaban J connectivity index is 1.67. The van der Waals surface area contributed by atoms with Crippen molar-refractivity contribution in [1.29, 1.82) is 0 Å². The van der Waals surface area contributed by atoms with Gasteiger partial charge in [0.05, 0.1) is 6.10 Å². The summed E-state index contributed by atoms with van der Waals surface area (Å²) in [5.41, 5.74) is 1.46. The van der Waals surface area contributed by atoms with Crippen molar-refractivity contribution in [3.63, 3.8) is 0 Å². The Morgan fingerprint density at radius 1 is 1.38 bits per heavy atom. The van der Waals surface area contributed by atoms with E-state index in [0.29, 0.717) is 29.0 Å². The van der Waals surface area contributed by atoms with Crippen LogP contribution >= 0.6 is 23.1 Å². The molecule has 0 aliphatic heterocycles. The molecule has 0 saturated heterocycles. The summed E-state index contributed by atoms with van der Waals surface area (Å²) in [7, 11) is 0. The number of rotatable bonds is 6. The summed E-state index contributed by atoms with van der Waals surface area (Å²) in [6, 6.07) is 6.41. The fourth-order valence-electron chi connectivity index (χ4n) is 2.28. The number of halogens is 2. The molecule has 1 fully saturated rings. The van der Waals surface area contributed by atoms with E-state index in [1.165, 1.54) is 23.7 Å². The molecular formula is C14H15ClFN3OS. The number of hydrogen-bond acceptors (Lipinski definition) is 5. The van der Waals surface area contributed by atoms with Crippen LogP contribution in [0.3, 0.4) is 0 Å². The Bertz CT molecular complexity index is 603. The van der Waals surface area contributed by atoms with Gasteiger partial charge in [-0.2, -0.15) is 0 Å². The largest absolute Gasteiger partial charge is 0.387 e. The van der Waals surface area contributed by atoms with Crippen LogP contribution in [0.15, 0.2) is 24.3 Å². The molecule has 0 amide bonds. The molecule has 112 valence electrons. The molecule has 1 aliphatic carbocycles. The first-order valence-electron chi connectivity index (χ1n) is 6.78. The van der Waals surface area contributed by atoms with Gasteiger partial charge in [-0.05, 0) is 30.5 Å². The molecule has 1 heterocycles. The van der Waals surface area contributed by atoms with E-state index in [9.17, 15) is 9.50 Å². The van der Waals surface area contributed by atoms with Crippen molar-refractivity contribution >= 4 is 23.1 Å². The van der Waals surface area contributed by atoms with Crippen LogP contribution in [0.1, 0.15) is 30.2 Å². The van der Waals surface area contributed by atoms with Gasteiger partial charge in [-0.1, -0.05) is 28.2 Å². The Morgan fingerprint density at radius 3 is 2.67 bits per heavy atom. The maximum Gasteiger partial charge on any atom is 0.138 e.